The Labute approximate surface area is 153 Å². The topological polar surface area (TPSA) is 85.8 Å². The lowest BCUT2D eigenvalue weighted by Gasteiger charge is -2.12. The lowest BCUT2D eigenvalue weighted by molar-refractivity contribution is -0.113. The molecule has 0 aliphatic carbocycles. The first-order valence-corrected chi connectivity index (χ1v) is 8.94. The number of nitrogens with one attached hydrogen (secondary N) is 1. The molecule has 0 saturated carbocycles. The van der Waals surface area contributed by atoms with Gasteiger partial charge in [0.1, 0.15) is 0 Å². The number of hydrogen-bond donors (Lipinski definition) is 1. The molecule has 0 saturated heterocycles. The van der Waals surface area contributed by atoms with E-state index in [9.17, 15) is 4.79 Å². The van der Waals surface area contributed by atoms with Gasteiger partial charge in [-0.05, 0) is 38.1 Å². The molecule has 0 aliphatic rings. The summed E-state index contributed by atoms with van der Waals surface area (Å²) in [6, 6.07) is 7.15. The van der Waals surface area contributed by atoms with E-state index in [2.05, 4.69) is 20.5 Å². The number of nitrogens with zero attached hydrogens (tertiary/aromatic N) is 4. The number of carbonyl (C=O) groups is 1. The van der Waals surface area contributed by atoms with Gasteiger partial charge in [-0.3, -0.25) is 9.36 Å². The Morgan fingerprint density at radius 3 is 2.88 bits per heavy atom. The predicted molar refractivity (Wildman–Crippen MR) is 96.7 cm³/mol. The number of anilines is 1. The van der Waals surface area contributed by atoms with E-state index in [1.165, 1.54) is 11.8 Å². The summed E-state index contributed by atoms with van der Waals surface area (Å²) in [5, 5.41) is 12.0. The number of thioether (sulfide) groups is 1. The van der Waals surface area contributed by atoms with Gasteiger partial charge in [-0.2, -0.15) is 0 Å². The second-order valence-electron chi connectivity index (χ2n) is 5.43. The van der Waals surface area contributed by atoms with Crippen LogP contribution < -0.4 is 5.32 Å². The summed E-state index contributed by atoms with van der Waals surface area (Å²) < 4.78 is 7.35. The van der Waals surface area contributed by atoms with Crippen LogP contribution in [0.2, 0.25) is 5.15 Å². The van der Waals surface area contributed by atoms with Crippen LogP contribution in [0.3, 0.4) is 0 Å². The van der Waals surface area contributed by atoms with Gasteiger partial charge in [0.05, 0.1) is 17.7 Å². The zero-order valence-corrected chi connectivity index (χ0v) is 15.2. The molecular formula is C16H16ClN5O2S. The van der Waals surface area contributed by atoms with Crippen molar-refractivity contribution >= 4 is 35.0 Å². The normalized spacial score (nSPS) is 11.0. The second-order valence-corrected chi connectivity index (χ2v) is 6.73. The van der Waals surface area contributed by atoms with Crippen molar-refractivity contribution in [1.82, 2.24) is 19.7 Å². The molecule has 0 bridgehead atoms. The van der Waals surface area contributed by atoms with E-state index in [1.54, 1.807) is 30.7 Å². The number of pyridine rings is 1. The SMILES string of the molecule is CC(C)n1c(SCC(=O)Nc2cccnc2Cl)nnc1-c1ccco1. The average molecular weight is 378 g/mol. The van der Waals surface area contributed by atoms with Crippen LogP contribution in [0.4, 0.5) is 5.69 Å². The average Bonchev–Trinajstić information content (AvgIpc) is 3.24. The molecule has 0 radical (unpaired) electrons. The highest BCUT2D eigenvalue weighted by Crippen LogP contribution is 2.28. The van der Waals surface area contributed by atoms with Gasteiger partial charge >= 0.3 is 0 Å². The van der Waals surface area contributed by atoms with E-state index in [1.807, 2.05) is 24.5 Å². The Morgan fingerprint density at radius 1 is 1.36 bits per heavy atom. The molecule has 25 heavy (non-hydrogen) atoms. The first kappa shape index (κ1) is 17.5. The van der Waals surface area contributed by atoms with E-state index in [0.29, 0.717) is 22.4 Å². The van der Waals surface area contributed by atoms with Crippen molar-refractivity contribution in [1.29, 1.82) is 0 Å². The molecule has 130 valence electrons. The highest BCUT2D eigenvalue weighted by atomic mass is 35.5. The van der Waals surface area contributed by atoms with E-state index < -0.39 is 0 Å². The van der Waals surface area contributed by atoms with Gasteiger partial charge < -0.3 is 9.73 Å². The van der Waals surface area contributed by atoms with Gasteiger partial charge in [0.2, 0.25) is 11.7 Å². The number of rotatable bonds is 6. The van der Waals surface area contributed by atoms with E-state index >= 15 is 0 Å². The smallest absolute Gasteiger partial charge is 0.234 e. The molecule has 0 atom stereocenters. The van der Waals surface area contributed by atoms with Crippen LogP contribution in [0, 0.1) is 0 Å². The molecule has 0 unspecified atom stereocenters. The largest absolute Gasteiger partial charge is 0.461 e. The van der Waals surface area contributed by atoms with Crippen LogP contribution in [0.1, 0.15) is 19.9 Å². The highest BCUT2D eigenvalue weighted by molar-refractivity contribution is 7.99. The Bertz CT molecular complexity index is 863. The van der Waals surface area contributed by atoms with E-state index in [4.69, 9.17) is 16.0 Å². The van der Waals surface area contributed by atoms with Crippen molar-refractivity contribution < 1.29 is 9.21 Å². The van der Waals surface area contributed by atoms with Crippen LogP contribution in [-0.4, -0.2) is 31.4 Å². The van der Waals surface area contributed by atoms with E-state index in [0.717, 1.165) is 0 Å². The fraction of sp³-hybridized carbons (Fsp3) is 0.250. The summed E-state index contributed by atoms with van der Waals surface area (Å²) in [5.74, 6) is 1.25. The molecule has 3 aromatic heterocycles. The maximum Gasteiger partial charge on any atom is 0.234 e. The third-order valence-corrected chi connectivity index (χ3v) is 4.53. The molecule has 0 aromatic carbocycles. The fourth-order valence-electron chi connectivity index (χ4n) is 2.21. The molecular weight excluding hydrogens is 362 g/mol. The highest BCUT2D eigenvalue weighted by Gasteiger charge is 2.19. The van der Waals surface area contributed by atoms with E-state index in [-0.39, 0.29) is 22.9 Å². The molecule has 9 heteroatoms. The maximum absolute atomic E-state index is 12.2. The summed E-state index contributed by atoms with van der Waals surface area (Å²) in [7, 11) is 0. The van der Waals surface area contributed by atoms with Crippen molar-refractivity contribution in [3.8, 4) is 11.6 Å². The van der Waals surface area contributed by atoms with Gasteiger partial charge in [0, 0.05) is 12.2 Å². The van der Waals surface area contributed by atoms with Gasteiger partial charge in [-0.25, -0.2) is 4.98 Å². The number of amides is 1. The molecule has 0 fully saturated rings. The van der Waals surface area contributed by atoms with Crippen molar-refractivity contribution in [3.63, 3.8) is 0 Å². The van der Waals surface area contributed by atoms with Crippen LogP contribution in [0.25, 0.3) is 11.6 Å². The zero-order chi connectivity index (χ0) is 17.8. The van der Waals surface area contributed by atoms with Crippen molar-refractivity contribution in [2.24, 2.45) is 0 Å². The van der Waals surface area contributed by atoms with Crippen molar-refractivity contribution in [2.45, 2.75) is 25.0 Å². The molecule has 0 spiro atoms. The number of furan rings is 1. The third-order valence-electron chi connectivity index (χ3n) is 3.29. The monoisotopic (exact) mass is 377 g/mol. The molecule has 3 heterocycles. The molecule has 1 amide bonds. The van der Waals surface area contributed by atoms with Crippen LogP contribution in [0.5, 0.6) is 0 Å². The van der Waals surface area contributed by atoms with Crippen molar-refractivity contribution in [3.05, 3.63) is 41.9 Å². The fourth-order valence-corrected chi connectivity index (χ4v) is 3.24. The summed E-state index contributed by atoms with van der Waals surface area (Å²) in [6.07, 6.45) is 3.15. The van der Waals surface area contributed by atoms with Gasteiger partial charge in [0.15, 0.2) is 16.1 Å². The van der Waals surface area contributed by atoms with Gasteiger partial charge in [0.25, 0.3) is 0 Å². The third kappa shape index (κ3) is 4.02. The number of carbonyl (C=O) groups excluding carboxylic acids is 1. The van der Waals surface area contributed by atoms with Gasteiger partial charge in [-0.1, -0.05) is 23.4 Å². The maximum atomic E-state index is 12.2. The van der Waals surface area contributed by atoms with Crippen molar-refractivity contribution in [2.75, 3.05) is 11.1 Å². The number of halogens is 1. The lowest BCUT2D eigenvalue weighted by Crippen LogP contribution is -2.15. The number of hydrogen-bond acceptors (Lipinski definition) is 6. The Hall–Kier alpha value is -2.32. The minimum atomic E-state index is -0.197. The number of aromatic nitrogens is 4. The Kier molecular flexibility index (Phi) is 5.40. The first-order chi connectivity index (χ1) is 12.1. The molecule has 3 rings (SSSR count). The minimum Gasteiger partial charge on any atom is -0.461 e. The summed E-state index contributed by atoms with van der Waals surface area (Å²) in [5.41, 5.74) is 0.483. The van der Waals surface area contributed by atoms with Gasteiger partial charge in [-0.15, -0.1) is 10.2 Å². The molecule has 1 N–H and O–H groups in total. The standard InChI is InChI=1S/C16H16ClN5O2S/c1-10(2)22-15(12-6-4-8-24-12)20-21-16(22)25-9-13(23)19-11-5-3-7-18-14(11)17/h3-8,10H,9H2,1-2H3,(H,19,23). The van der Waals surface area contributed by atoms with Crippen LogP contribution in [-0.2, 0) is 4.79 Å². The Morgan fingerprint density at radius 2 is 2.20 bits per heavy atom. The predicted octanol–water partition coefficient (Wildman–Crippen LogP) is 3.90. The zero-order valence-electron chi connectivity index (χ0n) is 13.6. The van der Waals surface area contributed by atoms with Crippen LogP contribution >= 0.6 is 23.4 Å². The summed E-state index contributed by atoms with van der Waals surface area (Å²) in [4.78, 5) is 16.1. The molecule has 0 aliphatic heterocycles. The quantitative estimate of drug-likeness (QED) is 0.518. The summed E-state index contributed by atoms with van der Waals surface area (Å²) >= 11 is 7.24. The summed E-state index contributed by atoms with van der Waals surface area (Å²) in [6.45, 7) is 4.05. The van der Waals surface area contributed by atoms with Crippen LogP contribution in [0.15, 0.2) is 46.3 Å². The minimum absolute atomic E-state index is 0.119. The lowest BCUT2D eigenvalue weighted by atomic mass is 10.3. The Balaban J connectivity index is 1.71. The molecule has 3 aromatic rings. The first-order valence-electron chi connectivity index (χ1n) is 7.58. The molecule has 7 nitrogen and oxygen atoms in total. The second kappa shape index (κ2) is 7.71.